The lowest BCUT2D eigenvalue weighted by Crippen LogP contribution is -1.70. The van der Waals surface area contributed by atoms with E-state index < -0.39 is 5.69 Å². The third-order valence-corrected chi connectivity index (χ3v) is 5.56. The Bertz CT molecular complexity index is 473. The summed E-state index contributed by atoms with van der Waals surface area (Å²) in [6.45, 7) is 0. The average Bonchev–Trinajstić information content (AvgIpc) is 2.42. The van der Waals surface area contributed by atoms with E-state index in [2.05, 4.69) is 16.8 Å². The first-order chi connectivity index (χ1) is 6.54. The summed E-state index contributed by atoms with van der Waals surface area (Å²) in [4.78, 5) is 22.4. The maximum Gasteiger partial charge on any atom is 0.249 e. The summed E-state index contributed by atoms with van der Waals surface area (Å²) >= 11 is 6.81. The Morgan fingerprint density at radius 2 is 2.07 bits per heavy atom. The molecule has 0 fully saturated rings. The van der Waals surface area contributed by atoms with Crippen LogP contribution in [-0.4, -0.2) is 14.8 Å². The highest BCUT2D eigenvalue weighted by Gasteiger charge is 2.13. The Labute approximate surface area is 93.7 Å². The monoisotopic (exact) mass is 263 g/mol. The molecule has 0 spiro atoms. The van der Waals surface area contributed by atoms with Gasteiger partial charge >= 0.3 is 0 Å². The molecule has 0 bridgehead atoms. The van der Waals surface area contributed by atoms with Crippen molar-refractivity contribution in [1.82, 2.24) is 4.98 Å². The fourth-order valence-electron chi connectivity index (χ4n) is 0.992. The highest BCUT2D eigenvalue weighted by molar-refractivity contribution is 8.67. The first-order valence-corrected chi connectivity index (χ1v) is 8.60. The van der Waals surface area contributed by atoms with Gasteiger partial charge in [-0.1, -0.05) is 12.1 Å². The lowest BCUT2D eigenvalue weighted by Gasteiger charge is -2.00. The molecular formula is C7H6NO2PS3. The van der Waals surface area contributed by atoms with Gasteiger partial charge in [0.1, 0.15) is 0 Å². The van der Waals surface area contributed by atoms with Gasteiger partial charge in [-0.3, -0.25) is 0 Å². The quantitative estimate of drug-likeness (QED) is 0.816. The van der Waals surface area contributed by atoms with E-state index in [1.54, 1.807) is 0 Å². The van der Waals surface area contributed by atoms with Crippen LogP contribution in [0.2, 0.25) is 0 Å². The van der Waals surface area contributed by atoms with Gasteiger partial charge in [-0.15, -0.1) is 11.3 Å². The van der Waals surface area contributed by atoms with Crippen LogP contribution in [0.25, 0.3) is 10.2 Å². The van der Waals surface area contributed by atoms with E-state index >= 15 is 0 Å². The molecule has 0 aliphatic carbocycles. The van der Waals surface area contributed by atoms with Crippen LogP contribution in [-0.2, 0) is 11.8 Å². The maximum atomic E-state index is 9.11. The standard InChI is InChI=1S/C7H6NO2PS3/c9-11(10,12)14-7-8-5-3-1-2-4-6(5)13-7/h1-4H,(H2,9,10,12). The molecule has 14 heavy (non-hydrogen) atoms. The van der Waals surface area contributed by atoms with Gasteiger partial charge in [-0.05, 0) is 35.3 Å². The second-order valence-electron chi connectivity index (χ2n) is 2.53. The molecule has 0 saturated carbocycles. The van der Waals surface area contributed by atoms with E-state index in [9.17, 15) is 0 Å². The first kappa shape index (κ1) is 10.5. The summed E-state index contributed by atoms with van der Waals surface area (Å²) in [5.41, 5.74) is -2.38. The van der Waals surface area contributed by atoms with E-state index in [0.29, 0.717) is 4.34 Å². The lowest BCUT2D eigenvalue weighted by molar-refractivity contribution is 0.502. The molecule has 74 valence electrons. The fraction of sp³-hybridized carbons (Fsp3) is 0. The number of para-hydroxylation sites is 1. The van der Waals surface area contributed by atoms with Crippen molar-refractivity contribution >= 4 is 50.4 Å². The number of hydrogen-bond donors (Lipinski definition) is 2. The highest BCUT2D eigenvalue weighted by atomic mass is 32.9. The van der Waals surface area contributed by atoms with E-state index in [4.69, 9.17) is 9.79 Å². The van der Waals surface area contributed by atoms with Crippen LogP contribution in [0, 0.1) is 0 Å². The highest BCUT2D eigenvalue weighted by Crippen LogP contribution is 2.56. The molecule has 2 N–H and O–H groups in total. The number of benzene rings is 1. The molecule has 1 aromatic heterocycles. The van der Waals surface area contributed by atoms with Gasteiger partial charge in [0.25, 0.3) is 0 Å². The average molecular weight is 263 g/mol. The Hall–Kier alpha value is 0.0300. The lowest BCUT2D eigenvalue weighted by atomic mass is 10.3. The number of fused-ring (bicyclic) bond motifs is 1. The van der Waals surface area contributed by atoms with Crippen molar-refractivity contribution in [3.8, 4) is 0 Å². The molecule has 3 nitrogen and oxygen atoms in total. The topological polar surface area (TPSA) is 53.4 Å². The SMILES string of the molecule is OP(O)(=S)Sc1nc2ccccc2s1. The van der Waals surface area contributed by atoms with Crippen LogP contribution < -0.4 is 0 Å². The van der Waals surface area contributed by atoms with Crippen molar-refractivity contribution in [1.29, 1.82) is 0 Å². The fourth-order valence-corrected chi connectivity index (χ4v) is 5.51. The van der Waals surface area contributed by atoms with Crippen LogP contribution in [0.3, 0.4) is 0 Å². The molecule has 0 atom stereocenters. The molecule has 1 heterocycles. The predicted octanol–water partition coefficient (Wildman–Crippen LogP) is 2.60. The molecule has 0 aliphatic heterocycles. The second-order valence-corrected chi connectivity index (χ2v) is 9.67. The third-order valence-electron chi connectivity index (χ3n) is 1.47. The largest absolute Gasteiger partial charge is 0.337 e. The van der Waals surface area contributed by atoms with E-state index in [0.717, 1.165) is 21.6 Å². The maximum absolute atomic E-state index is 9.11. The second kappa shape index (κ2) is 3.89. The van der Waals surface area contributed by atoms with Crippen LogP contribution in [0.4, 0.5) is 0 Å². The predicted molar refractivity (Wildman–Crippen MR) is 64.2 cm³/mol. The summed E-state index contributed by atoms with van der Waals surface area (Å²) in [6, 6.07) is 7.64. The van der Waals surface area contributed by atoms with Gasteiger partial charge in [-0.25, -0.2) is 4.98 Å². The summed E-state index contributed by atoms with van der Waals surface area (Å²) < 4.78 is 1.64. The minimum Gasteiger partial charge on any atom is -0.337 e. The van der Waals surface area contributed by atoms with Crippen molar-refractivity contribution in [2.24, 2.45) is 0 Å². The van der Waals surface area contributed by atoms with E-state index in [1.807, 2.05) is 24.3 Å². The molecule has 7 heteroatoms. The molecule has 2 rings (SSSR count). The summed E-state index contributed by atoms with van der Waals surface area (Å²) in [5.74, 6) is 0. The van der Waals surface area contributed by atoms with Crippen LogP contribution in [0.15, 0.2) is 28.6 Å². The molecule has 0 radical (unpaired) electrons. The van der Waals surface area contributed by atoms with Gasteiger partial charge in [0.15, 0.2) is 4.34 Å². The molecule has 0 aliphatic rings. The molecule has 2 aromatic rings. The zero-order valence-corrected chi connectivity index (χ0v) is 10.2. The Morgan fingerprint density at radius 3 is 2.71 bits per heavy atom. The summed E-state index contributed by atoms with van der Waals surface area (Å²) in [7, 11) is 0. The molecule has 1 aromatic carbocycles. The van der Waals surface area contributed by atoms with Crippen molar-refractivity contribution in [2.45, 2.75) is 4.34 Å². The summed E-state index contributed by atoms with van der Waals surface area (Å²) in [5, 5.41) is 0. The van der Waals surface area contributed by atoms with Gasteiger partial charge in [-0.2, -0.15) is 0 Å². The normalized spacial score (nSPS) is 12.1. The Morgan fingerprint density at radius 1 is 1.36 bits per heavy atom. The molecular weight excluding hydrogens is 257 g/mol. The van der Waals surface area contributed by atoms with Gasteiger partial charge in [0.2, 0.25) is 5.69 Å². The zero-order valence-electron chi connectivity index (χ0n) is 6.82. The van der Waals surface area contributed by atoms with Gasteiger partial charge < -0.3 is 9.79 Å². The Balaban J connectivity index is 2.41. The van der Waals surface area contributed by atoms with Crippen LogP contribution in [0.5, 0.6) is 0 Å². The number of hydrogen-bond acceptors (Lipinski definition) is 4. The van der Waals surface area contributed by atoms with E-state index in [-0.39, 0.29) is 0 Å². The molecule has 0 saturated heterocycles. The zero-order chi connectivity index (χ0) is 10.2. The van der Waals surface area contributed by atoms with E-state index in [1.165, 1.54) is 11.3 Å². The Kier molecular flexibility index (Phi) is 2.93. The van der Waals surface area contributed by atoms with Crippen LogP contribution in [0.1, 0.15) is 0 Å². The minimum absolute atomic E-state index is 0.611. The van der Waals surface area contributed by atoms with Gasteiger partial charge in [0.05, 0.1) is 10.2 Å². The minimum atomic E-state index is -3.24. The first-order valence-electron chi connectivity index (χ1n) is 3.65. The number of thiazole rings is 1. The number of aromatic nitrogens is 1. The summed E-state index contributed by atoms with van der Waals surface area (Å²) in [6.07, 6.45) is 0. The molecule has 0 unspecified atom stereocenters. The number of rotatable bonds is 2. The van der Waals surface area contributed by atoms with Crippen molar-refractivity contribution in [3.05, 3.63) is 24.3 Å². The number of nitrogens with zero attached hydrogens (tertiary/aromatic N) is 1. The third kappa shape index (κ3) is 2.53. The van der Waals surface area contributed by atoms with Crippen molar-refractivity contribution < 1.29 is 9.79 Å². The van der Waals surface area contributed by atoms with Gasteiger partial charge in [0, 0.05) is 0 Å². The van der Waals surface area contributed by atoms with Crippen LogP contribution >= 0.6 is 28.4 Å². The van der Waals surface area contributed by atoms with Crippen molar-refractivity contribution in [2.75, 3.05) is 0 Å². The smallest absolute Gasteiger partial charge is 0.249 e. The van der Waals surface area contributed by atoms with Crippen molar-refractivity contribution in [3.63, 3.8) is 0 Å². The molecule has 0 amide bonds.